The molecule has 0 radical (unpaired) electrons. The van der Waals surface area contributed by atoms with Crippen LogP contribution in [0.4, 0.5) is 5.69 Å². The number of nitrogens with zero attached hydrogens (tertiary/aromatic N) is 2. The van der Waals surface area contributed by atoms with Crippen LogP contribution in [0.1, 0.15) is 15.9 Å². The number of aromatic nitrogens is 1. The number of methoxy groups -OCH3 is 1. The first-order chi connectivity index (χ1) is 15.5. The molecule has 0 unspecified atom stereocenters. The summed E-state index contributed by atoms with van der Waals surface area (Å²) in [5.74, 6) is 0.0426. The summed E-state index contributed by atoms with van der Waals surface area (Å²) >= 11 is 1.65. The number of benzene rings is 3. The predicted molar refractivity (Wildman–Crippen MR) is 126 cm³/mol. The van der Waals surface area contributed by atoms with E-state index in [-0.39, 0.29) is 11.1 Å². The number of fused-ring (bicyclic) bond motifs is 2. The fraction of sp³-hybridized carbons (Fsp3) is 0.0800. The van der Waals surface area contributed by atoms with Crippen LogP contribution >= 0.6 is 11.3 Å². The fourth-order valence-electron chi connectivity index (χ4n) is 3.44. The van der Waals surface area contributed by atoms with Crippen LogP contribution in [0, 0.1) is 6.92 Å². The van der Waals surface area contributed by atoms with Gasteiger partial charge >= 0.3 is 0 Å². The number of carbonyl (C=O) groups is 1. The number of carbonyl (C=O) groups excluding carboxylic acids is 1. The number of amides is 1. The Labute approximate surface area is 187 Å². The van der Waals surface area contributed by atoms with Gasteiger partial charge in [-0.05, 0) is 67.1 Å². The highest BCUT2D eigenvalue weighted by molar-refractivity contribution is 7.21. The van der Waals surface area contributed by atoms with Gasteiger partial charge in [-0.2, -0.15) is 0 Å². The van der Waals surface area contributed by atoms with E-state index in [1.54, 1.807) is 36.6 Å². The highest BCUT2D eigenvalue weighted by Crippen LogP contribution is 2.31. The average molecular weight is 442 g/mol. The summed E-state index contributed by atoms with van der Waals surface area (Å²) in [6.45, 7) is 2.07. The summed E-state index contributed by atoms with van der Waals surface area (Å²) in [7, 11) is 1.58. The number of hydrogen-bond acceptors (Lipinski definition) is 6. The highest BCUT2D eigenvalue weighted by atomic mass is 32.1. The van der Waals surface area contributed by atoms with Gasteiger partial charge in [0.15, 0.2) is 0 Å². The highest BCUT2D eigenvalue weighted by Gasteiger charge is 2.11. The Hall–Kier alpha value is -3.97. The predicted octanol–water partition coefficient (Wildman–Crippen LogP) is 5.36. The summed E-state index contributed by atoms with van der Waals surface area (Å²) in [6, 6.07) is 20.9. The third-order valence-corrected chi connectivity index (χ3v) is 6.18. The summed E-state index contributed by atoms with van der Waals surface area (Å²) in [5, 5.41) is 1.68. The monoisotopic (exact) mass is 441 g/mol. The average Bonchev–Trinajstić information content (AvgIpc) is 3.21. The molecule has 0 aliphatic heterocycles. The number of rotatable bonds is 4. The molecule has 3 aromatic carbocycles. The number of primary amides is 1. The molecule has 32 heavy (non-hydrogen) atoms. The zero-order valence-corrected chi connectivity index (χ0v) is 18.3. The molecule has 0 atom stereocenters. The van der Waals surface area contributed by atoms with E-state index < -0.39 is 5.91 Å². The molecule has 158 valence electrons. The molecule has 1 amide bonds. The molecule has 2 N–H and O–H groups in total. The fourth-order valence-corrected chi connectivity index (χ4v) is 4.51. The zero-order chi connectivity index (χ0) is 22.2. The van der Waals surface area contributed by atoms with Crippen LogP contribution in [-0.2, 0) is 0 Å². The molecular weight excluding hydrogens is 422 g/mol. The maximum absolute atomic E-state index is 12.0. The number of aryl methyl sites for hydroxylation is 1. The molecule has 0 saturated carbocycles. The van der Waals surface area contributed by atoms with Gasteiger partial charge in [0.25, 0.3) is 5.91 Å². The van der Waals surface area contributed by atoms with Crippen molar-refractivity contribution in [1.82, 2.24) is 4.98 Å². The number of nitrogens with two attached hydrogens (primary N) is 1. The lowest BCUT2D eigenvalue weighted by atomic mass is 10.1. The third kappa shape index (κ3) is 3.74. The van der Waals surface area contributed by atoms with E-state index in [9.17, 15) is 4.79 Å². The van der Waals surface area contributed by atoms with E-state index in [4.69, 9.17) is 19.9 Å². The molecule has 2 heterocycles. The first-order valence-electron chi connectivity index (χ1n) is 9.94. The van der Waals surface area contributed by atoms with Gasteiger partial charge in [0.2, 0.25) is 5.55 Å². The zero-order valence-electron chi connectivity index (χ0n) is 17.5. The minimum Gasteiger partial charge on any atom is -0.497 e. The van der Waals surface area contributed by atoms with E-state index in [0.29, 0.717) is 17.0 Å². The van der Waals surface area contributed by atoms with Gasteiger partial charge in [-0.25, -0.2) is 9.98 Å². The first kappa shape index (κ1) is 20.0. The molecule has 0 aliphatic carbocycles. The second-order valence-corrected chi connectivity index (χ2v) is 8.41. The Morgan fingerprint density at radius 1 is 1.06 bits per heavy atom. The van der Waals surface area contributed by atoms with Gasteiger partial charge in [-0.3, -0.25) is 4.79 Å². The molecule has 5 aromatic rings. The summed E-state index contributed by atoms with van der Waals surface area (Å²) in [4.78, 5) is 21.3. The molecular formula is C25H19N3O3S. The maximum Gasteiger partial charge on any atom is 0.254 e. The van der Waals surface area contributed by atoms with Crippen molar-refractivity contribution in [2.45, 2.75) is 6.92 Å². The molecule has 0 bridgehead atoms. The Morgan fingerprint density at radius 3 is 2.62 bits per heavy atom. The van der Waals surface area contributed by atoms with Crippen molar-refractivity contribution in [1.29, 1.82) is 0 Å². The van der Waals surface area contributed by atoms with Gasteiger partial charge in [0.1, 0.15) is 21.9 Å². The lowest BCUT2D eigenvalue weighted by molar-refractivity contribution is 0.0996. The van der Waals surface area contributed by atoms with Crippen LogP contribution < -0.4 is 16.0 Å². The van der Waals surface area contributed by atoms with Gasteiger partial charge in [-0.1, -0.05) is 6.07 Å². The van der Waals surface area contributed by atoms with Crippen LogP contribution in [0.3, 0.4) is 0 Å². The van der Waals surface area contributed by atoms with E-state index in [1.165, 1.54) is 5.56 Å². The molecule has 0 aliphatic rings. The Bertz CT molecular complexity index is 1550. The van der Waals surface area contributed by atoms with Gasteiger partial charge in [0.05, 0.1) is 23.0 Å². The Balaban J connectivity index is 1.56. The molecule has 7 heteroatoms. The van der Waals surface area contributed by atoms with Crippen molar-refractivity contribution in [3.8, 4) is 16.3 Å². The second kappa shape index (κ2) is 7.94. The van der Waals surface area contributed by atoms with Gasteiger partial charge in [0, 0.05) is 17.0 Å². The van der Waals surface area contributed by atoms with Crippen molar-refractivity contribution in [2.75, 3.05) is 7.11 Å². The quantitative estimate of drug-likeness (QED) is 0.407. The molecule has 0 spiro atoms. The van der Waals surface area contributed by atoms with E-state index in [0.717, 1.165) is 26.2 Å². The summed E-state index contributed by atoms with van der Waals surface area (Å²) < 4.78 is 12.3. The molecule has 5 rings (SSSR count). The van der Waals surface area contributed by atoms with E-state index in [1.807, 2.05) is 36.4 Å². The smallest absolute Gasteiger partial charge is 0.254 e. The molecule has 0 saturated heterocycles. The molecule has 0 fully saturated rings. The molecule has 2 aromatic heterocycles. The second-order valence-electron chi connectivity index (χ2n) is 7.38. The van der Waals surface area contributed by atoms with Crippen LogP contribution in [0.15, 0.2) is 76.1 Å². The largest absolute Gasteiger partial charge is 0.497 e. The number of hydrogen-bond donors (Lipinski definition) is 1. The number of ether oxygens (including phenoxy) is 1. The topological polar surface area (TPSA) is 90.7 Å². The molecule has 6 nitrogen and oxygen atoms in total. The van der Waals surface area contributed by atoms with Crippen molar-refractivity contribution in [3.05, 3.63) is 83.4 Å². The minimum absolute atomic E-state index is 0.154. The lowest BCUT2D eigenvalue weighted by Crippen LogP contribution is -2.21. The van der Waals surface area contributed by atoms with Gasteiger partial charge in [-0.15, -0.1) is 11.3 Å². The van der Waals surface area contributed by atoms with E-state index >= 15 is 0 Å². The van der Waals surface area contributed by atoms with Crippen molar-refractivity contribution in [3.63, 3.8) is 0 Å². The standard InChI is InChI=1S/C25H19N3O3S/c1-14-3-10-20-22(11-14)32-25(28-20)15-4-7-17(8-5-15)27-24-19(23(26)29)12-16-6-9-18(30-2)13-21(16)31-24/h3-13H,1-2H3,(H2,26,29). The van der Waals surface area contributed by atoms with Crippen LogP contribution in [-0.4, -0.2) is 18.0 Å². The first-order valence-corrected chi connectivity index (χ1v) is 10.8. The lowest BCUT2D eigenvalue weighted by Gasteiger charge is -2.04. The third-order valence-electron chi connectivity index (χ3n) is 5.11. The SMILES string of the molecule is COc1ccc2cc(C(N)=O)c(=Nc3ccc(-c4nc5ccc(C)cc5s4)cc3)oc2c1. The van der Waals surface area contributed by atoms with Crippen molar-refractivity contribution < 1.29 is 13.9 Å². The van der Waals surface area contributed by atoms with Crippen LogP contribution in [0.25, 0.3) is 31.8 Å². The van der Waals surface area contributed by atoms with E-state index in [2.05, 4.69) is 24.0 Å². The van der Waals surface area contributed by atoms with Crippen molar-refractivity contribution in [2.24, 2.45) is 10.7 Å². The Morgan fingerprint density at radius 2 is 1.88 bits per heavy atom. The minimum atomic E-state index is -0.605. The van der Waals surface area contributed by atoms with Crippen LogP contribution in [0.2, 0.25) is 0 Å². The summed E-state index contributed by atoms with van der Waals surface area (Å²) in [5.41, 5.74) is 10.3. The number of thiazole rings is 1. The van der Waals surface area contributed by atoms with Gasteiger partial charge < -0.3 is 14.9 Å². The summed E-state index contributed by atoms with van der Waals surface area (Å²) in [6.07, 6.45) is 0. The maximum atomic E-state index is 12.0. The normalized spacial score (nSPS) is 11.9. The van der Waals surface area contributed by atoms with Crippen molar-refractivity contribution >= 4 is 44.1 Å². The van der Waals surface area contributed by atoms with Crippen LogP contribution in [0.5, 0.6) is 5.75 Å². The Kier molecular flexibility index (Phi) is 4.95.